The Kier molecular flexibility index (Phi) is 5.52. The average Bonchev–Trinajstić information content (AvgIpc) is 3.36. The third-order valence-corrected chi connectivity index (χ3v) is 5.36. The highest BCUT2D eigenvalue weighted by atomic mass is 16.5. The highest BCUT2D eigenvalue weighted by Gasteiger charge is 2.14. The summed E-state index contributed by atoms with van der Waals surface area (Å²) in [7, 11) is 2.97. The second-order valence-corrected chi connectivity index (χ2v) is 7.34. The van der Waals surface area contributed by atoms with Crippen LogP contribution in [-0.4, -0.2) is 34.7 Å². The normalized spacial score (nSPS) is 11.4. The highest BCUT2D eigenvalue weighted by molar-refractivity contribution is 5.91. The summed E-state index contributed by atoms with van der Waals surface area (Å²) in [5, 5.41) is 9.81. The summed E-state index contributed by atoms with van der Waals surface area (Å²) >= 11 is 0. The number of nitriles is 1. The summed E-state index contributed by atoms with van der Waals surface area (Å²) in [6.45, 7) is 3.96. The lowest BCUT2D eigenvalue weighted by atomic mass is 10.1. The van der Waals surface area contributed by atoms with Crippen molar-refractivity contribution in [1.29, 1.82) is 5.26 Å². The molecule has 0 aliphatic carbocycles. The van der Waals surface area contributed by atoms with Crippen LogP contribution in [0.3, 0.4) is 0 Å². The van der Waals surface area contributed by atoms with Gasteiger partial charge < -0.3 is 19.0 Å². The number of nitrogens with one attached hydrogen (secondary N) is 1. The van der Waals surface area contributed by atoms with Gasteiger partial charge in [-0.05, 0) is 61.9 Å². The molecule has 0 fully saturated rings. The van der Waals surface area contributed by atoms with Crippen LogP contribution in [0.25, 0.3) is 28.4 Å². The van der Waals surface area contributed by atoms with Gasteiger partial charge in [0.2, 0.25) is 0 Å². The second kappa shape index (κ2) is 8.44. The number of hydrogen-bond donors (Lipinski definition) is 1. The Morgan fingerprint density at radius 2 is 1.97 bits per heavy atom. The summed E-state index contributed by atoms with van der Waals surface area (Å²) in [6.07, 6.45) is 1.82. The second-order valence-electron chi connectivity index (χ2n) is 7.34. The highest BCUT2D eigenvalue weighted by Crippen LogP contribution is 2.27. The fourth-order valence-corrected chi connectivity index (χ4v) is 3.77. The Hall–Kier alpha value is -4.31. The number of aromatic nitrogens is 3. The molecule has 0 saturated carbocycles. The van der Waals surface area contributed by atoms with Gasteiger partial charge in [-0.15, -0.1) is 0 Å². The van der Waals surface area contributed by atoms with Gasteiger partial charge in [0, 0.05) is 23.1 Å². The standard InChI is InChI=1S/C25H22N4O3/c1-15-10-18(16(2)29(15)20-7-5-6-17(12-20)25(30)32-4)11-19(14-26)24-27-22-9-8-21(31-3)13-23(22)28-24/h5-13H,1-4H3,(H,27,28)/b19-11-. The first-order chi connectivity index (χ1) is 15.4. The quantitative estimate of drug-likeness (QED) is 0.364. The average molecular weight is 426 g/mol. The monoisotopic (exact) mass is 426 g/mol. The van der Waals surface area contributed by atoms with Gasteiger partial charge in [0.15, 0.2) is 0 Å². The molecule has 0 amide bonds. The number of allylic oxidation sites excluding steroid dienone is 1. The SMILES string of the molecule is COC(=O)c1cccc(-n2c(C)cc(/C=C(/C#N)c3nc4ccc(OC)cc4[nH]3)c2C)c1. The van der Waals surface area contributed by atoms with Crippen LogP contribution >= 0.6 is 0 Å². The van der Waals surface area contributed by atoms with Crippen molar-refractivity contribution in [3.8, 4) is 17.5 Å². The van der Waals surface area contributed by atoms with Crippen LogP contribution in [0.15, 0.2) is 48.5 Å². The van der Waals surface area contributed by atoms with Crippen molar-refractivity contribution >= 4 is 28.7 Å². The number of carbonyl (C=O) groups excluding carboxylic acids is 1. The number of H-pyrrole nitrogens is 1. The summed E-state index contributed by atoms with van der Waals surface area (Å²) in [6, 6.07) is 17.0. The van der Waals surface area contributed by atoms with Crippen molar-refractivity contribution in [2.45, 2.75) is 13.8 Å². The minimum atomic E-state index is -0.386. The molecule has 2 aromatic heterocycles. The molecule has 2 aromatic carbocycles. The van der Waals surface area contributed by atoms with E-state index in [2.05, 4.69) is 16.0 Å². The van der Waals surface area contributed by atoms with Crippen molar-refractivity contribution in [2.75, 3.05) is 14.2 Å². The van der Waals surface area contributed by atoms with Gasteiger partial charge in [0.25, 0.3) is 0 Å². The Morgan fingerprint density at radius 3 is 2.69 bits per heavy atom. The molecule has 2 heterocycles. The zero-order valence-electron chi connectivity index (χ0n) is 18.3. The Balaban J connectivity index is 1.76. The van der Waals surface area contributed by atoms with Gasteiger partial charge in [0.05, 0.1) is 36.4 Å². The first kappa shape index (κ1) is 20.9. The lowest BCUT2D eigenvalue weighted by molar-refractivity contribution is 0.0600. The minimum Gasteiger partial charge on any atom is -0.497 e. The number of hydrogen-bond acceptors (Lipinski definition) is 5. The molecule has 0 aliphatic heterocycles. The van der Waals surface area contributed by atoms with Crippen molar-refractivity contribution in [3.63, 3.8) is 0 Å². The van der Waals surface area contributed by atoms with Crippen LogP contribution in [0.4, 0.5) is 0 Å². The van der Waals surface area contributed by atoms with Gasteiger partial charge in [-0.2, -0.15) is 5.26 Å². The Bertz CT molecular complexity index is 1400. The van der Waals surface area contributed by atoms with E-state index in [1.807, 2.05) is 60.9 Å². The summed E-state index contributed by atoms with van der Waals surface area (Å²) in [5.41, 5.74) is 6.10. The van der Waals surface area contributed by atoms with Crippen LogP contribution in [0.5, 0.6) is 5.75 Å². The van der Waals surface area contributed by atoms with E-state index in [1.54, 1.807) is 19.2 Å². The number of imidazole rings is 1. The molecule has 0 radical (unpaired) electrons. The van der Waals surface area contributed by atoms with E-state index in [1.165, 1.54) is 7.11 Å². The topological polar surface area (TPSA) is 92.9 Å². The van der Waals surface area contributed by atoms with Crippen LogP contribution in [0.1, 0.15) is 33.1 Å². The molecular formula is C25H22N4O3. The molecule has 7 nitrogen and oxygen atoms in total. The van der Waals surface area contributed by atoms with Gasteiger partial charge in [-0.1, -0.05) is 6.07 Å². The van der Waals surface area contributed by atoms with Gasteiger partial charge in [0.1, 0.15) is 17.6 Å². The molecule has 4 aromatic rings. The number of carbonyl (C=O) groups is 1. The number of rotatable bonds is 5. The molecule has 0 spiro atoms. The molecule has 32 heavy (non-hydrogen) atoms. The Morgan fingerprint density at radius 1 is 1.16 bits per heavy atom. The molecule has 160 valence electrons. The third kappa shape index (κ3) is 3.74. The van der Waals surface area contributed by atoms with Gasteiger partial charge in [-0.3, -0.25) is 0 Å². The summed E-state index contributed by atoms with van der Waals surface area (Å²) in [4.78, 5) is 19.7. The van der Waals surface area contributed by atoms with Crippen LogP contribution in [-0.2, 0) is 4.74 Å². The number of benzene rings is 2. The predicted octanol–water partition coefficient (Wildman–Crippen LogP) is 4.83. The fourth-order valence-electron chi connectivity index (χ4n) is 3.77. The maximum Gasteiger partial charge on any atom is 0.337 e. The van der Waals surface area contributed by atoms with E-state index >= 15 is 0 Å². The Labute approximate surface area is 185 Å². The number of methoxy groups -OCH3 is 2. The van der Waals surface area contributed by atoms with Crippen LogP contribution in [0.2, 0.25) is 0 Å². The number of aryl methyl sites for hydroxylation is 1. The molecule has 0 atom stereocenters. The van der Waals surface area contributed by atoms with E-state index in [9.17, 15) is 10.1 Å². The maximum atomic E-state index is 11.9. The van der Waals surface area contributed by atoms with Crippen molar-refractivity contribution in [1.82, 2.24) is 14.5 Å². The van der Waals surface area contributed by atoms with Gasteiger partial charge in [-0.25, -0.2) is 9.78 Å². The van der Waals surface area contributed by atoms with E-state index in [0.29, 0.717) is 22.7 Å². The predicted molar refractivity (Wildman–Crippen MR) is 123 cm³/mol. The fraction of sp³-hybridized carbons (Fsp3) is 0.160. The van der Waals surface area contributed by atoms with E-state index < -0.39 is 0 Å². The van der Waals surface area contributed by atoms with E-state index in [4.69, 9.17) is 9.47 Å². The smallest absolute Gasteiger partial charge is 0.337 e. The number of ether oxygens (including phenoxy) is 2. The largest absolute Gasteiger partial charge is 0.497 e. The number of fused-ring (bicyclic) bond motifs is 1. The first-order valence-corrected chi connectivity index (χ1v) is 9.98. The molecule has 1 N–H and O–H groups in total. The van der Waals surface area contributed by atoms with E-state index in [0.717, 1.165) is 33.7 Å². The number of esters is 1. The zero-order valence-corrected chi connectivity index (χ0v) is 18.3. The lowest BCUT2D eigenvalue weighted by Crippen LogP contribution is -2.04. The lowest BCUT2D eigenvalue weighted by Gasteiger charge is -2.11. The van der Waals surface area contributed by atoms with E-state index in [-0.39, 0.29) is 5.97 Å². The molecule has 0 aliphatic rings. The van der Waals surface area contributed by atoms with Crippen molar-refractivity contribution < 1.29 is 14.3 Å². The molecule has 0 saturated heterocycles. The maximum absolute atomic E-state index is 11.9. The number of aromatic amines is 1. The zero-order chi connectivity index (χ0) is 22.8. The van der Waals surface area contributed by atoms with Crippen LogP contribution in [0, 0.1) is 25.2 Å². The summed E-state index contributed by atoms with van der Waals surface area (Å²) in [5.74, 6) is 0.823. The molecule has 0 unspecified atom stereocenters. The van der Waals surface area contributed by atoms with Gasteiger partial charge >= 0.3 is 5.97 Å². The van der Waals surface area contributed by atoms with Crippen LogP contribution < -0.4 is 4.74 Å². The van der Waals surface area contributed by atoms with Crippen molar-refractivity contribution in [3.05, 3.63) is 76.9 Å². The number of nitrogens with zero attached hydrogens (tertiary/aromatic N) is 3. The molecule has 4 rings (SSSR count). The minimum absolute atomic E-state index is 0.386. The molecule has 7 heteroatoms. The van der Waals surface area contributed by atoms with Crippen molar-refractivity contribution in [2.24, 2.45) is 0 Å². The molecular weight excluding hydrogens is 404 g/mol. The third-order valence-electron chi connectivity index (χ3n) is 5.36. The first-order valence-electron chi connectivity index (χ1n) is 9.98. The summed E-state index contributed by atoms with van der Waals surface area (Å²) < 4.78 is 12.1. The molecule has 0 bridgehead atoms.